The number of hydrogen-bond acceptors (Lipinski definition) is 0. The molecule has 0 amide bonds. The lowest BCUT2D eigenvalue weighted by Crippen LogP contribution is -1.89. The van der Waals surface area contributed by atoms with Crippen molar-refractivity contribution in [2.45, 2.75) is 6.42 Å². The van der Waals surface area contributed by atoms with Gasteiger partial charge in [0.25, 0.3) is 0 Å². The average molecular weight is 307 g/mol. The van der Waals surface area contributed by atoms with Crippen molar-refractivity contribution in [3.8, 4) is 11.1 Å². The molecule has 0 fully saturated rings. The van der Waals surface area contributed by atoms with Gasteiger partial charge in [0, 0.05) is 0 Å². The first-order valence-corrected chi connectivity index (χ1v) is 8.35. The molecule has 0 saturated carbocycles. The monoisotopic (exact) mass is 307 g/mol. The van der Waals surface area contributed by atoms with Crippen molar-refractivity contribution in [3.05, 3.63) is 115 Å². The first-order valence-electron chi connectivity index (χ1n) is 8.35. The van der Waals surface area contributed by atoms with Crippen molar-refractivity contribution >= 4 is 10.8 Å². The summed E-state index contributed by atoms with van der Waals surface area (Å²) < 4.78 is 0. The number of hydrogen-bond donors (Lipinski definition) is 0. The molecule has 0 atom stereocenters. The Bertz CT molecular complexity index is 934. The molecule has 0 aliphatic carbocycles. The van der Waals surface area contributed by atoms with Crippen LogP contribution in [-0.2, 0) is 6.42 Å². The van der Waals surface area contributed by atoms with Crippen molar-refractivity contribution in [3.63, 3.8) is 0 Å². The molecule has 0 bridgehead atoms. The van der Waals surface area contributed by atoms with Crippen LogP contribution >= 0.6 is 0 Å². The van der Waals surface area contributed by atoms with Crippen molar-refractivity contribution < 1.29 is 0 Å². The fourth-order valence-corrected chi connectivity index (χ4v) is 3.04. The summed E-state index contributed by atoms with van der Waals surface area (Å²) in [6.07, 6.45) is 3.24. The molecule has 0 spiro atoms. The van der Waals surface area contributed by atoms with Gasteiger partial charge in [0.1, 0.15) is 0 Å². The van der Waals surface area contributed by atoms with E-state index in [0.29, 0.717) is 0 Å². The van der Waals surface area contributed by atoms with Crippen LogP contribution in [0.2, 0.25) is 0 Å². The van der Waals surface area contributed by atoms with Gasteiger partial charge in [-0.05, 0) is 45.9 Å². The highest BCUT2D eigenvalue weighted by atomic mass is 14.1. The Morgan fingerprint density at radius 1 is 0.542 bits per heavy atom. The molecular formula is C24H19. The lowest BCUT2D eigenvalue weighted by atomic mass is 9.99. The fourth-order valence-electron chi connectivity index (χ4n) is 3.04. The molecule has 24 heavy (non-hydrogen) atoms. The minimum Gasteiger partial charge on any atom is -0.0622 e. The molecule has 0 aliphatic rings. The van der Waals surface area contributed by atoms with E-state index in [1.807, 2.05) is 0 Å². The van der Waals surface area contributed by atoms with Gasteiger partial charge in [-0.1, -0.05) is 97.1 Å². The molecule has 0 nitrogen and oxygen atoms in total. The number of rotatable bonds is 4. The van der Waals surface area contributed by atoms with Gasteiger partial charge in [0.15, 0.2) is 0 Å². The molecule has 4 aromatic carbocycles. The van der Waals surface area contributed by atoms with Crippen molar-refractivity contribution in [1.82, 2.24) is 0 Å². The van der Waals surface area contributed by atoms with Gasteiger partial charge in [0.05, 0.1) is 0 Å². The Hall–Kier alpha value is -2.86. The van der Waals surface area contributed by atoms with Crippen LogP contribution in [0.4, 0.5) is 0 Å². The zero-order chi connectivity index (χ0) is 16.2. The van der Waals surface area contributed by atoms with Crippen LogP contribution in [0.1, 0.15) is 11.1 Å². The Morgan fingerprint density at radius 3 is 2.00 bits per heavy atom. The van der Waals surface area contributed by atoms with E-state index in [9.17, 15) is 0 Å². The Labute approximate surface area is 143 Å². The maximum Gasteiger partial charge on any atom is -0.00494 e. The lowest BCUT2D eigenvalue weighted by molar-refractivity contribution is 1.17. The SMILES string of the molecule is [CH](Cc1ccc2ccccc2c1)c1ccc(-c2ccccc2)cc1. The van der Waals surface area contributed by atoms with Crippen LogP contribution in [0.5, 0.6) is 0 Å². The van der Waals surface area contributed by atoms with Crippen LogP contribution in [0.3, 0.4) is 0 Å². The molecule has 0 heteroatoms. The second kappa shape index (κ2) is 6.72. The second-order valence-corrected chi connectivity index (χ2v) is 6.08. The highest BCUT2D eigenvalue weighted by Crippen LogP contribution is 2.21. The summed E-state index contributed by atoms with van der Waals surface area (Å²) >= 11 is 0. The molecule has 0 saturated heterocycles. The highest BCUT2D eigenvalue weighted by Gasteiger charge is 2.00. The molecule has 1 radical (unpaired) electrons. The molecule has 4 rings (SSSR count). The van der Waals surface area contributed by atoms with E-state index in [1.165, 1.54) is 33.0 Å². The topological polar surface area (TPSA) is 0 Å². The van der Waals surface area contributed by atoms with Crippen molar-refractivity contribution in [1.29, 1.82) is 0 Å². The fraction of sp³-hybridized carbons (Fsp3) is 0.0417. The van der Waals surface area contributed by atoms with Crippen LogP contribution < -0.4 is 0 Å². The minimum atomic E-state index is 0.954. The Kier molecular flexibility index (Phi) is 4.12. The Balaban J connectivity index is 1.47. The van der Waals surface area contributed by atoms with Crippen molar-refractivity contribution in [2.24, 2.45) is 0 Å². The molecule has 0 aliphatic heterocycles. The third kappa shape index (κ3) is 3.23. The largest absolute Gasteiger partial charge is 0.0622 e. The summed E-state index contributed by atoms with van der Waals surface area (Å²) in [6.45, 7) is 0. The molecule has 0 aromatic heterocycles. The van der Waals surface area contributed by atoms with E-state index in [-0.39, 0.29) is 0 Å². The molecular weight excluding hydrogens is 288 g/mol. The molecule has 0 N–H and O–H groups in total. The minimum absolute atomic E-state index is 0.954. The average Bonchev–Trinajstić information content (AvgIpc) is 2.67. The van der Waals surface area contributed by atoms with Gasteiger partial charge in [-0.3, -0.25) is 0 Å². The highest BCUT2D eigenvalue weighted by molar-refractivity contribution is 5.83. The number of fused-ring (bicyclic) bond motifs is 1. The van der Waals surface area contributed by atoms with Gasteiger partial charge >= 0.3 is 0 Å². The summed E-state index contributed by atoms with van der Waals surface area (Å²) in [6, 6.07) is 34.5. The summed E-state index contributed by atoms with van der Waals surface area (Å²) in [5.41, 5.74) is 5.14. The van der Waals surface area contributed by atoms with E-state index in [0.717, 1.165) is 6.42 Å². The number of benzene rings is 4. The zero-order valence-corrected chi connectivity index (χ0v) is 13.5. The summed E-state index contributed by atoms with van der Waals surface area (Å²) in [4.78, 5) is 0. The zero-order valence-electron chi connectivity index (χ0n) is 13.5. The first kappa shape index (κ1) is 14.7. The summed E-state index contributed by atoms with van der Waals surface area (Å²) in [5, 5.41) is 2.61. The summed E-state index contributed by atoms with van der Waals surface area (Å²) in [7, 11) is 0. The standard InChI is InChI=1S/C24H19/c1-2-6-21(7-3-1)23-15-12-19(13-16-23)10-11-20-14-17-22-8-4-5-9-24(22)18-20/h1-10,12-18H,11H2. The van der Waals surface area contributed by atoms with E-state index >= 15 is 0 Å². The van der Waals surface area contributed by atoms with E-state index in [1.54, 1.807) is 0 Å². The third-order valence-electron chi connectivity index (χ3n) is 4.41. The van der Waals surface area contributed by atoms with Gasteiger partial charge in [-0.2, -0.15) is 0 Å². The maximum absolute atomic E-state index is 2.29. The smallest absolute Gasteiger partial charge is 0.00494 e. The molecule has 115 valence electrons. The van der Waals surface area contributed by atoms with Crippen molar-refractivity contribution in [2.75, 3.05) is 0 Å². The van der Waals surface area contributed by atoms with Crippen LogP contribution in [0.15, 0.2) is 97.1 Å². The van der Waals surface area contributed by atoms with Gasteiger partial charge in [0.2, 0.25) is 0 Å². The van der Waals surface area contributed by atoms with E-state index in [4.69, 9.17) is 0 Å². The molecule has 4 aromatic rings. The predicted octanol–water partition coefficient (Wildman–Crippen LogP) is 6.30. The quantitative estimate of drug-likeness (QED) is 0.415. The predicted molar refractivity (Wildman–Crippen MR) is 103 cm³/mol. The second-order valence-electron chi connectivity index (χ2n) is 6.08. The molecule has 0 heterocycles. The van der Waals surface area contributed by atoms with E-state index in [2.05, 4.69) is 103 Å². The van der Waals surface area contributed by atoms with Crippen LogP contribution in [-0.4, -0.2) is 0 Å². The molecule has 0 unspecified atom stereocenters. The van der Waals surface area contributed by atoms with Crippen LogP contribution in [0, 0.1) is 6.42 Å². The lowest BCUT2D eigenvalue weighted by Gasteiger charge is -2.06. The first-order chi connectivity index (χ1) is 11.9. The third-order valence-corrected chi connectivity index (χ3v) is 4.41. The normalized spacial score (nSPS) is 10.8. The van der Waals surface area contributed by atoms with Gasteiger partial charge in [-0.15, -0.1) is 0 Å². The Morgan fingerprint density at radius 2 is 1.21 bits per heavy atom. The van der Waals surface area contributed by atoms with Crippen LogP contribution in [0.25, 0.3) is 21.9 Å². The van der Waals surface area contributed by atoms with E-state index < -0.39 is 0 Å². The summed E-state index contributed by atoms with van der Waals surface area (Å²) in [5.74, 6) is 0. The maximum atomic E-state index is 2.29. The van der Waals surface area contributed by atoms with Gasteiger partial charge < -0.3 is 0 Å². The van der Waals surface area contributed by atoms with Gasteiger partial charge in [-0.25, -0.2) is 0 Å².